The zero-order valence-corrected chi connectivity index (χ0v) is 18.3. The summed E-state index contributed by atoms with van der Waals surface area (Å²) in [5, 5.41) is 7.54. The average Bonchev–Trinajstić information content (AvgIpc) is 3.60. The van der Waals surface area contributed by atoms with Gasteiger partial charge in [0.15, 0.2) is 5.78 Å². The lowest BCUT2D eigenvalue weighted by Gasteiger charge is -2.24. The van der Waals surface area contributed by atoms with Gasteiger partial charge in [0, 0.05) is 30.4 Å². The Morgan fingerprint density at radius 1 is 1.19 bits per heavy atom. The number of aromatic nitrogens is 4. The van der Waals surface area contributed by atoms with Crippen LogP contribution in [0, 0.1) is 0 Å². The summed E-state index contributed by atoms with van der Waals surface area (Å²) in [5.74, 6) is 1.57. The molecule has 2 aliphatic heterocycles. The number of nitrogens with zero attached hydrogens (tertiary/aromatic N) is 5. The molecule has 1 atom stereocenters. The van der Waals surface area contributed by atoms with Gasteiger partial charge >= 0.3 is 0 Å². The van der Waals surface area contributed by atoms with Gasteiger partial charge in [-0.15, -0.1) is 0 Å². The Kier molecular flexibility index (Phi) is 5.85. The fourth-order valence-corrected chi connectivity index (χ4v) is 4.74. The predicted molar refractivity (Wildman–Crippen MR) is 122 cm³/mol. The number of Topliss-reactive ketones (excluding diaryl/α,β-unsaturated/α-hetero) is 1. The number of aromatic amines is 1. The first-order valence-electron chi connectivity index (χ1n) is 11.3. The van der Waals surface area contributed by atoms with Crippen molar-refractivity contribution in [2.75, 3.05) is 38.2 Å². The molecule has 2 aromatic heterocycles. The van der Waals surface area contributed by atoms with Gasteiger partial charge in [0.25, 0.3) is 0 Å². The van der Waals surface area contributed by atoms with Crippen LogP contribution in [0.15, 0.2) is 42.7 Å². The number of benzene rings is 1. The van der Waals surface area contributed by atoms with E-state index in [0.717, 1.165) is 55.4 Å². The predicted octanol–water partition coefficient (Wildman–Crippen LogP) is 3.50. The fourth-order valence-electron chi connectivity index (χ4n) is 4.74. The van der Waals surface area contributed by atoms with E-state index >= 15 is 0 Å². The molecule has 0 spiro atoms. The Balaban J connectivity index is 1.37. The molecule has 3 aromatic rings. The molecule has 0 amide bonds. The third kappa shape index (κ3) is 4.10. The number of anilines is 1. The number of ether oxygens (including phenoxy) is 1. The zero-order chi connectivity index (χ0) is 21.9. The molecule has 32 heavy (non-hydrogen) atoms. The van der Waals surface area contributed by atoms with E-state index in [4.69, 9.17) is 9.72 Å². The van der Waals surface area contributed by atoms with Crippen molar-refractivity contribution in [1.82, 2.24) is 25.1 Å². The molecule has 0 aliphatic carbocycles. The number of nitrogens with one attached hydrogen (secondary N) is 1. The van der Waals surface area contributed by atoms with Crippen molar-refractivity contribution in [3.63, 3.8) is 0 Å². The molecule has 0 radical (unpaired) electrons. The minimum absolute atomic E-state index is 0.0928. The van der Waals surface area contributed by atoms with E-state index in [1.54, 1.807) is 13.2 Å². The SMILES string of the molecule is COc1cccc(C(=O)CN2CCC[C@@H]2c2[nH]ncc2-c2ccnc(N3CCCC3)n2)c1. The maximum Gasteiger partial charge on any atom is 0.225 e. The smallest absolute Gasteiger partial charge is 0.225 e. The van der Waals surface area contributed by atoms with E-state index in [1.165, 1.54) is 12.8 Å². The number of ketones is 1. The molecule has 0 unspecified atom stereocenters. The molecule has 2 saturated heterocycles. The summed E-state index contributed by atoms with van der Waals surface area (Å²) in [6.07, 6.45) is 8.05. The quantitative estimate of drug-likeness (QED) is 0.572. The second-order valence-electron chi connectivity index (χ2n) is 8.42. The van der Waals surface area contributed by atoms with E-state index in [1.807, 2.05) is 36.7 Å². The maximum absolute atomic E-state index is 13.0. The molecule has 4 heterocycles. The van der Waals surface area contributed by atoms with Crippen LogP contribution in [0.4, 0.5) is 5.95 Å². The van der Waals surface area contributed by atoms with E-state index in [0.29, 0.717) is 17.9 Å². The van der Waals surface area contributed by atoms with Crippen LogP contribution in [0.1, 0.15) is 47.8 Å². The van der Waals surface area contributed by atoms with Crippen LogP contribution in [0.3, 0.4) is 0 Å². The average molecular weight is 433 g/mol. The third-order valence-electron chi connectivity index (χ3n) is 6.41. The molecule has 2 aliphatic rings. The first-order chi connectivity index (χ1) is 15.7. The molecule has 0 bridgehead atoms. The van der Waals surface area contributed by atoms with Crippen LogP contribution in [0.25, 0.3) is 11.3 Å². The van der Waals surface area contributed by atoms with Gasteiger partial charge in [-0.3, -0.25) is 14.8 Å². The van der Waals surface area contributed by atoms with Crippen LogP contribution in [-0.4, -0.2) is 64.1 Å². The lowest BCUT2D eigenvalue weighted by molar-refractivity contribution is 0.0920. The van der Waals surface area contributed by atoms with Crippen LogP contribution in [0.5, 0.6) is 5.75 Å². The summed E-state index contributed by atoms with van der Waals surface area (Å²) in [4.78, 5) is 26.8. The summed E-state index contributed by atoms with van der Waals surface area (Å²) >= 11 is 0. The van der Waals surface area contributed by atoms with Crippen molar-refractivity contribution in [3.8, 4) is 17.0 Å². The van der Waals surface area contributed by atoms with Crippen molar-refractivity contribution < 1.29 is 9.53 Å². The Morgan fingerprint density at radius 3 is 2.91 bits per heavy atom. The van der Waals surface area contributed by atoms with E-state index in [2.05, 4.69) is 25.0 Å². The van der Waals surface area contributed by atoms with E-state index < -0.39 is 0 Å². The van der Waals surface area contributed by atoms with Crippen LogP contribution < -0.4 is 9.64 Å². The molecular formula is C24H28N6O2. The molecular weight excluding hydrogens is 404 g/mol. The summed E-state index contributed by atoms with van der Waals surface area (Å²) in [7, 11) is 1.61. The minimum atomic E-state index is 0.0928. The highest BCUT2D eigenvalue weighted by Gasteiger charge is 2.31. The second-order valence-corrected chi connectivity index (χ2v) is 8.42. The Hall–Kier alpha value is -3.26. The molecule has 8 nitrogen and oxygen atoms in total. The monoisotopic (exact) mass is 432 g/mol. The van der Waals surface area contributed by atoms with Crippen molar-refractivity contribution in [1.29, 1.82) is 0 Å². The van der Waals surface area contributed by atoms with Gasteiger partial charge < -0.3 is 9.64 Å². The number of methoxy groups -OCH3 is 1. The van der Waals surface area contributed by atoms with Crippen LogP contribution in [-0.2, 0) is 0 Å². The summed E-state index contributed by atoms with van der Waals surface area (Å²) in [6.45, 7) is 3.25. The highest BCUT2D eigenvalue weighted by atomic mass is 16.5. The first-order valence-corrected chi connectivity index (χ1v) is 11.3. The molecule has 1 N–H and O–H groups in total. The second kappa shape index (κ2) is 9.08. The standard InChI is InChI=1S/C24H28N6O2/c1-32-18-7-4-6-17(14-18)22(31)16-30-13-5-8-21(30)23-19(15-26-28-23)20-9-10-25-24(27-20)29-11-2-3-12-29/h4,6-7,9-10,14-15,21H,2-3,5,8,11-13,16H2,1H3,(H,26,28)/t21-/m1/s1. The largest absolute Gasteiger partial charge is 0.497 e. The summed E-state index contributed by atoms with van der Waals surface area (Å²) < 4.78 is 5.27. The number of carbonyl (C=O) groups is 1. The zero-order valence-electron chi connectivity index (χ0n) is 18.3. The van der Waals surface area contributed by atoms with Crippen molar-refractivity contribution >= 4 is 11.7 Å². The Labute approximate surface area is 187 Å². The molecule has 0 saturated carbocycles. The van der Waals surface area contributed by atoms with Gasteiger partial charge in [-0.1, -0.05) is 12.1 Å². The first kappa shape index (κ1) is 20.6. The van der Waals surface area contributed by atoms with Gasteiger partial charge in [0.2, 0.25) is 5.95 Å². The minimum Gasteiger partial charge on any atom is -0.497 e. The lowest BCUT2D eigenvalue weighted by Crippen LogP contribution is -2.30. The van der Waals surface area contributed by atoms with Gasteiger partial charge in [0.1, 0.15) is 5.75 Å². The van der Waals surface area contributed by atoms with Crippen molar-refractivity contribution in [2.45, 2.75) is 31.7 Å². The molecule has 1 aromatic carbocycles. The lowest BCUT2D eigenvalue weighted by atomic mass is 10.0. The molecule has 5 rings (SSSR count). The number of carbonyl (C=O) groups excluding carboxylic acids is 1. The topological polar surface area (TPSA) is 87.2 Å². The highest BCUT2D eigenvalue weighted by Crippen LogP contribution is 2.36. The summed E-state index contributed by atoms with van der Waals surface area (Å²) in [5.41, 5.74) is 3.55. The van der Waals surface area contributed by atoms with Gasteiger partial charge in [-0.05, 0) is 50.4 Å². The highest BCUT2D eigenvalue weighted by molar-refractivity contribution is 5.98. The normalized spacial score (nSPS) is 18.9. The van der Waals surface area contributed by atoms with Crippen LogP contribution >= 0.6 is 0 Å². The maximum atomic E-state index is 13.0. The Bertz CT molecular complexity index is 1090. The van der Waals surface area contributed by atoms with Crippen molar-refractivity contribution in [3.05, 3.63) is 54.0 Å². The molecule has 2 fully saturated rings. The Morgan fingerprint density at radius 2 is 2.06 bits per heavy atom. The number of H-pyrrole nitrogens is 1. The fraction of sp³-hybridized carbons (Fsp3) is 0.417. The molecule has 166 valence electrons. The number of hydrogen-bond donors (Lipinski definition) is 1. The van der Waals surface area contributed by atoms with Crippen LogP contribution in [0.2, 0.25) is 0 Å². The summed E-state index contributed by atoms with van der Waals surface area (Å²) in [6, 6.07) is 9.40. The number of likely N-dealkylation sites (tertiary alicyclic amines) is 1. The van der Waals surface area contributed by atoms with Gasteiger partial charge in [-0.25, -0.2) is 9.97 Å². The van der Waals surface area contributed by atoms with E-state index in [9.17, 15) is 4.79 Å². The van der Waals surface area contributed by atoms with E-state index in [-0.39, 0.29) is 11.8 Å². The molecule has 8 heteroatoms. The number of rotatable bonds is 7. The van der Waals surface area contributed by atoms with Crippen molar-refractivity contribution in [2.24, 2.45) is 0 Å². The third-order valence-corrected chi connectivity index (χ3v) is 6.41. The van der Waals surface area contributed by atoms with Gasteiger partial charge in [0.05, 0.1) is 37.3 Å². The number of hydrogen-bond acceptors (Lipinski definition) is 7. The van der Waals surface area contributed by atoms with Gasteiger partial charge in [-0.2, -0.15) is 5.10 Å².